The standard InChI is InChI=1S/C10H13N3O2/c11-5-8-1-2-12-6-9(8)7-13-3-4-15-10(13)14/h1-2,6H,3-5,7,11H2. The Morgan fingerprint density at radius 1 is 1.53 bits per heavy atom. The maximum atomic E-state index is 11.2. The molecular weight excluding hydrogens is 194 g/mol. The Labute approximate surface area is 87.8 Å². The lowest BCUT2D eigenvalue weighted by Crippen LogP contribution is -2.24. The number of hydrogen-bond donors (Lipinski definition) is 1. The minimum atomic E-state index is -0.262. The third-order valence-electron chi connectivity index (χ3n) is 2.43. The van der Waals surface area contributed by atoms with Crippen LogP contribution >= 0.6 is 0 Å². The van der Waals surface area contributed by atoms with E-state index in [0.717, 1.165) is 11.1 Å². The van der Waals surface area contributed by atoms with Crippen LogP contribution < -0.4 is 5.73 Å². The van der Waals surface area contributed by atoms with Gasteiger partial charge in [0.1, 0.15) is 6.61 Å². The van der Waals surface area contributed by atoms with Crippen LogP contribution in [0.2, 0.25) is 0 Å². The molecule has 0 bridgehead atoms. The van der Waals surface area contributed by atoms with Crippen molar-refractivity contribution in [1.29, 1.82) is 0 Å². The number of carbonyl (C=O) groups excluding carboxylic acids is 1. The molecule has 0 spiro atoms. The summed E-state index contributed by atoms with van der Waals surface area (Å²) in [6.45, 7) is 2.09. The number of carbonyl (C=O) groups is 1. The highest BCUT2D eigenvalue weighted by Gasteiger charge is 2.22. The number of pyridine rings is 1. The Hall–Kier alpha value is -1.62. The minimum absolute atomic E-state index is 0.262. The van der Waals surface area contributed by atoms with Gasteiger partial charge in [0.05, 0.1) is 13.1 Å². The van der Waals surface area contributed by atoms with Crippen molar-refractivity contribution in [1.82, 2.24) is 9.88 Å². The summed E-state index contributed by atoms with van der Waals surface area (Å²) in [5.74, 6) is 0. The Balaban J connectivity index is 2.12. The summed E-state index contributed by atoms with van der Waals surface area (Å²) in [7, 11) is 0. The monoisotopic (exact) mass is 207 g/mol. The third-order valence-corrected chi connectivity index (χ3v) is 2.43. The maximum Gasteiger partial charge on any atom is 0.410 e. The average molecular weight is 207 g/mol. The highest BCUT2D eigenvalue weighted by Crippen LogP contribution is 2.13. The van der Waals surface area contributed by atoms with Gasteiger partial charge in [-0.2, -0.15) is 0 Å². The lowest BCUT2D eigenvalue weighted by atomic mass is 10.1. The number of ether oxygens (including phenoxy) is 1. The molecule has 15 heavy (non-hydrogen) atoms. The van der Waals surface area contributed by atoms with Crippen LogP contribution in [0.5, 0.6) is 0 Å². The molecule has 0 unspecified atom stereocenters. The Morgan fingerprint density at radius 3 is 3.07 bits per heavy atom. The van der Waals surface area contributed by atoms with Crippen LogP contribution in [0.25, 0.3) is 0 Å². The molecular formula is C10H13N3O2. The first kappa shape index (κ1) is 9.92. The van der Waals surface area contributed by atoms with Gasteiger partial charge in [0.2, 0.25) is 0 Å². The lowest BCUT2D eigenvalue weighted by molar-refractivity contribution is 0.157. The van der Waals surface area contributed by atoms with E-state index in [-0.39, 0.29) is 6.09 Å². The first-order chi connectivity index (χ1) is 7.31. The zero-order valence-corrected chi connectivity index (χ0v) is 8.35. The van der Waals surface area contributed by atoms with Gasteiger partial charge in [-0.3, -0.25) is 4.98 Å². The molecule has 1 amide bonds. The van der Waals surface area contributed by atoms with Gasteiger partial charge in [-0.15, -0.1) is 0 Å². The number of rotatable bonds is 3. The Kier molecular flexibility index (Phi) is 2.82. The third kappa shape index (κ3) is 2.07. The van der Waals surface area contributed by atoms with Crippen LogP contribution in [-0.4, -0.2) is 29.1 Å². The van der Waals surface area contributed by atoms with Crippen molar-refractivity contribution in [3.63, 3.8) is 0 Å². The molecule has 2 heterocycles. The van der Waals surface area contributed by atoms with Crippen LogP contribution in [0.3, 0.4) is 0 Å². The summed E-state index contributed by atoms with van der Waals surface area (Å²) in [5.41, 5.74) is 7.60. The van der Waals surface area contributed by atoms with E-state index >= 15 is 0 Å². The molecule has 5 heteroatoms. The molecule has 0 radical (unpaired) electrons. The minimum Gasteiger partial charge on any atom is -0.448 e. The van der Waals surface area contributed by atoms with Gasteiger partial charge in [-0.1, -0.05) is 0 Å². The van der Waals surface area contributed by atoms with E-state index in [0.29, 0.717) is 26.2 Å². The van der Waals surface area contributed by atoms with Gasteiger partial charge in [-0.25, -0.2) is 4.79 Å². The highest BCUT2D eigenvalue weighted by atomic mass is 16.6. The molecule has 1 aromatic rings. The van der Waals surface area contributed by atoms with Gasteiger partial charge >= 0.3 is 6.09 Å². The van der Waals surface area contributed by atoms with Crippen LogP contribution in [-0.2, 0) is 17.8 Å². The fraction of sp³-hybridized carbons (Fsp3) is 0.400. The largest absolute Gasteiger partial charge is 0.448 e. The number of nitrogens with two attached hydrogens (primary N) is 1. The highest BCUT2D eigenvalue weighted by molar-refractivity contribution is 5.69. The van der Waals surface area contributed by atoms with Crippen molar-refractivity contribution >= 4 is 6.09 Å². The van der Waals surface area contributed by atoms with Crippen molar-refractivity contribution in [2.75, 3.05) is 13.2 Å². The van der Waals surface area contributed by atoms with Crippen LogP contribution in [0.4, 0.5) is 4.79 Å². The average Bonchev–Trinajstić information content (AvgIpc) is 2.65. The molecule has 0 atom stereocenters. The van der Waals surface area contributed by atoms with E-state index < -0.39 is 0 Å². The van der Waals surface area contributed by atoms with Gasteiger partial charge < -0.3 is 15.4 Å². The topological polar surface area (TPSA) is 68.4 Å². The summed E-state index contributed by atoms with van der Waals surface area (Å²) in [6, 6.07) is 1.87. The smallest absolute Gasteiger partial charge is 0.410 e. The van der Waals surface area contributed by atoms with E-state index in [9.17, 15) is 4.79 Å². The molecule has 2 N–H and O–H groups in total. The fourth-order valence-electron chi connectivity index (χ4n) is 1.57. The summed E-state index contributed by atoms with van der Waals surface area (Å²) < 4.78 is 4.85. The van der Waals surface area contributed by atoms with E-state index in [4.69, 9.17) is 10.5 Å². The summed E-state index contributed by atoms with van der Waals surface area (Å²) in [5, 5.41) is 0. The quantitative estimate of drug-likeness (QED) is 0.783. The van der Waals surface area contributed by atoms with Gasteiger partial charge in [-0.05, 0) is 17.2 Å². The summed E-state index contributed by atoms with van der Waals surface area (Å²) in [4.78, 5) is 16.9. The van der Waals surface area contributed by atoms with Gasteiger partial charge in [0, 0.05) is 18.9 Å². The lowest BCUT2D eigenvalue weighted by Gasteiger charge is -2.14. The predicted molar refractivity (Wildman–Crippen MR) is 53.9 cm³/mol. The second-order valence-corrected chi connectivity index (χ2v) is 3.38. The number of cyclic esters (lactones) is 1. The molecule has 1 saturated heterocycles. The Morgan fingerprint density at radius 2 is 2.40 bits per heavy atom. The first-order valence-electron chi connectivity index (χ1n) is 4.85. The van der Waals surface area contributed by atoms with E-state index in [1.54, 1.807) is 17.3 Å². The van der Waals surface area contributed by atoms with Crippen molar-refractivity contribution in [2.45, 2.75) is 13.1 Å². The number of amides is 1. The predicted octanol–water partition coefficient (Wildman–Crippen LogP) is 0.492. The molecule has 1 aliphatic rings. The molecule has 2 rings (SSSR count). The van der Waals surface area contributed by atoms with Crippen molar-refractivity contribution in [2.24, 2.45) is 5.73 Å². The van der Waals surface area contributed by atoms with Gasteiger partial charge in [0.25, 0.3) is 0 Å². The van der Waals surface area contributed by atoms with Crippen LogP contribution in [0.15, 0.2) is 18.5 Å². The summed E-state index contributed by atoms with van der Waals surface area (Å²) in [6.07, 6.45) is 3.18. The fourth-order valence-corrected chi connectivity index (χ4v) is 1.57. The molecule has 0 aliphatic carbocycles. The number of aromatic nitrogens is 1. The Bertz CT molecular complexity index is 367. The SMILES string of the molecule is NCc1ccncc1CN1CCOC1=O. The van der Waals surface area contributed by atoms with E-state index in [1.807, 2.05) is 6.07 Å². The van der Waals surface area contributed by atoms with E-state index in [2.05, 4.69) is 4.98 Å². The second-order valence-electron chi connectivity index (χ2n) is 3.38. The molecule has 1 aromatic heterocycles. The molecule has 80 valence electrons. The maximum absolute atomic E-state index is 11.2. The molecule has 5 nitrogen and oxygen atoms in total. The van der Waals surface area contributed by atoms with Crippen molar-refractivity contribution in [3.8, 4) is 0 Å². The first-order valence-corrected chi connectivity index (χ1v) is 4.85. The molecule has 0 aromatic carbocycles. The van der Waals surface area contributed by atoms with Crippen LogP contribution in [0.1, 0.15) is 11.1 Å². The molecule has 1 fully saturated rings. The summed E-state index contributed by atoms with van der Waals surface area (Å²) >= 11 is 0. The number of hydrogen-bond acceptors (Lipinski definition) is 4. The van der Waals surface area contributed by atoms with Gasteiger partial charge in [0.15, 0.2) is 0 Å². The van der Waals surface area contributed by atoms with Crippen molar-refractivity contribution in [3.05, 3.63) is 29.6 Å². The second kappa shape index (κ2) is 4.27. The molecule has 0 saturated carbocycles. The van der Waals surface area contributed by atoms with E-state index in [1.165, 1.54) is 0 Å². The molecule has 1 aliphatic heterocycles. The zero-order valence-electron chi connectivity index (χ0n) is 8.35. The number of nitrogens with zero attached hydrogens (tertiary/aromatic N) is 2. The normalized spacial score (nSPS) is 15.5. The zero-order chi connectivity index (χ0) is 10.7. The van der Waals surface area contributed by atoms with Crippen molar-refractivity contribution < 1.29 is 9.53 Å². The van der Waals surface area contributed by atoms with Crippen LogP contribution in [0, 0.1) is 0 Å².